The summed E-state index contributed by atoms with van der Waals surface area (Å²) in [4.78, 5) is 47.9. The Hall–Kier alpha value is -3.00. The van der Waals surface area contributed by atoms with Crippen molar-refractivity contribution in [2.24, 2.45) is 5.73 Å². The molecule has 166 valence electrons. The van der Waals surface area contributed by atoms with Gasteiger partial charge < -0.3 is 20.7 Å². The van der Waals surface area contributed by atoms with Gasteiger partial charge in [-0.05, 0) is 23.9 Å². The molecule has 9 nitrogen and oxygen atoms in total. The second-order valence-electron chi connectivity index (χ2n) is 7.57. The molecule has 1 aromatic rings. The normalized spacial score (nSPS) is 18.8. The molecule has 2 fully saturated rings. The number of benzene rings is 1. The van der Waals surface area contributed by atoms with Crippen molar-refractivity contribution < 1.29 is 28.3 Å². The molecule has 0 radical (unpaired) electrons. The lowest BCUT2D eigenvalue weighted by Gasteiger charge is -2.41. The van der Waals surface area contributed by atoms with Crippen LogP contribution in [0, 0.1) is 5.82 Å². The van der Waals surface area contributed by atoms with Crippen molar-refractivity contribution in [3.63, 3.8) is 0 Å². The molecule has 2 aliphatic heterocycles. The molecule has 2 unspecified atom stereocenters. The number of allylic oxidation sites excluding steroid dienone is 1. The highest BCUT2D eigenvalue weighted by Crippen LogP contribution is 2.31. The second kappa shape index (κ2) is 9.43. The third-order valence-electron chi connectivity index (χ3n) is 5.19. The van der Waals surface area contributed by atoms with Crippen LogP contribution in [0.4, 0.5) is 14.9 Å². The summed E-state index contributed by atoms with van der Waals surface area (Å²) in [7, 11) is 2.45. The number of amides is 4. The zero-order valence-electron chi connectivity index (χ0n) is 16.8. The monoisotopic (exact) mass is 450 g/mol. The van der Waals surface area contributed by atoms with Crippen LogP contribution in [0.1, 0.15) is 37.2 Å². The fourth-order valence-corrected chi connectivity index (χ4v) is 4.07. The van der Waals surface area contributed by atoms with Gasteiger partial charge in [0.25, 0.3) is 0 Å². The number of ether oxygens (including phenoxy) is 1. The summed E-state index contributed by atoms with van der Waals surface area (Å²) in [5, 5.41) is 5.47. The predicted molar refractivity (Wildman–Crippen MR) is 114 cm³/mol. The maximum Gasteiger partial charge on any atom is 0.412 e. The minimum Gasteiger partial charge on any atom is -0.416 e. The topological polar surface area (TPSA) is 131 Å². The number of nitrogens with zero attached hydrogens (tertiary/aromatic N) is 1. The van der Waals surface area contributed by atoms with E-state index in [9.17, 15) is 23.6 Å². The zero-order chi connectivity index (χ0) is 22.7. The molecule has 11 heteroatoms. The first kappa shape index (κ1) is 22.7. The lowest BCUT2D eigenvalue weighted by molar-refractivity contribution is -0.134. The number of halogens is 1. The second-order valence-corrected chi connectivity index (χ2v) is 8.20. The van der Waals surface area contributed by atoms with Crippen molar-refractivity contribution in [1.82, 2.24) is 10.6 Å². The molecular weight excluding hydrogens is 426 g/mol. The third kappa shape index (κ3) is 5.58. The van der Waals surface area contributed by atoms with E-state index in [1.807, 2.05) is 4.90 Å². The Kier molecular flexibility index (Phi) is 6.90. The van der Waals surface area contributed by atoms with Gasteiger partial charge in [0, 0.05) is 43.6 Å². The average Bonchev–Trinajstić information content (AvgIpc) is 2.63. The molecule has 0 saturated carbocycles. The molecule has 2 atom stereocenters. The summed E-state index contributed by atoms with van der Waals surface area (Å²) in [6.07, 6.45) is -0.0294. The Morgan fingerprint density at radius 3 is 2.65 bits per heavy atom. The fraction of sp³-hybridized carbons (Fsp3) is 0.400. The van der Waals surface area contributed by atoms with Crippen molar-refractivity contribution in [2.75, 3.05) is 18.0 Å². The van der Waals surface area contributed by atoms with E-state index >= 15 is 0 Å². The number of carbonyl (C=O) groups excluding carboxylic acids is 4. The van der Waals surface area contributed by atoms with Gasteiger partial charge >= 0.3 is 6.09 Å². The molecule has 4 N–H and O–H groups in total. The maximum absolute atomic E-state index is 14.8. The molecule has 2 saturated heterocycles. The van der Waals surface area contributed by atoms with Crippen molar-refractivity contribution in [2.45, 2.75) is 37.6 Å². The maximum atomic E-state index is 14.8. The summed E-state index contributed by atoms with van der Waals surface area (Å²) in [5.74, 6) is -2.43. The molecule has 0 spiro atoms. The van der Waals surface area contributed by atoms with E-state index in [2.05, 4.69) is 26.5 Å². The summed E-state index contributed by atoms with van der Waals surface area (Å²) >= 11 is 0. The minimum absolute atomic E-state index is 0.0427. The quantitative estimate of drug-likeness (QED) is 0.316. The molecular formula is C20H24FN4O5P. The molecule has 0 bridgehead atoms. The number of piperidine rings is 1. The van der Waals surface area contributed by atoms with E-state index < -0.39 is 29.6 Å². The largest absolute Gasteiger partial charge is 0.416 e. The number of anilines is 1. The third-order valence-corrected chi connectivity index (χ3v) is 5.67. The molecule has 0 aromatic heterocycles. The van der Waals surface area contributed by atoms with Gasteiger partial charge in [0.2, 0.25) is 17.7 Å². The molecule has 31 heavy (non-hydrogen) atoms. The van der Waals surface area contributed by atoms with Gasteiger partial charge in [-0.1, -0.05) is 6.58 Å². The fourth-order valence-electron chi connectivity index (χ4n) is 3.56. The average molecular weight is 450 g/mol. The van der Waals surface area contributed by atoms with E-state index in [-0.39, 0.29) is 49.0 Å². The number of rotatable bonds is 7. The lowest BCUT2D eigenvalue weighted by Crippen LogP contribution is -2.59. The SMILES string of the molecule is C=C(CCC(N)=O)OC(=O)NC1CN(c2cc(F)c(C3CCC(=O)NC3=O)c(P)c2)C1. The van der Waals surface area contributed by atoms with Crippen molar-refractivity contribution in [1.29, 1.82) is 0 Å². The number of nitrogens with two attached hydrogens (primary N) is 1. The predicted octanol–water partition coefficient (Wildman–Crippen LogP) is 0.540. The van der Waals surface area contributed by atoms with E-state index in [0.29, 0.717) is 24.1 Å². The van der Waals surface area contributed by atoms with Crippen LogP contribution in [-0.4, -0.2) is 42.9 Å². The molecule has 0 aliphatic carbocycles. The Morgan fingerprint density at radius 1 is 1.32 bits per heavy atom. The van der Waals surface area contributed by atoms with Gasteiger partial charge in [-0.2, -0.15) is 0 Å². The number of primary amides is 1. The highest BCUT2D eigenvalue weighted by Gasteiger charge is 2.33. The summed E-state index contributed by atoms with van der Waals surface area (Å²) in [5.41, 5.74) is 5.93. The summed E-state index contributed by atoms with van der Waals surface area (Å²) < 4.78 is 19.8. The van der Waals surface area contributed by atoms with Crippen molar-refractivity contribution in [3.05, 3.63) is 35.9 Å². The van der Waals surface area contributed by atoms with E-state index in [4.69, 9.17) is 10.5 Å². The van der Waals surface area contributed by atoms with Crippen LogP contribution < -0.4 is 26.6 Å². The first-order chi connectivity index (χ1) is 14.6. The summed E-state index contributed by atoms with van der Waals surface area (Å²) in [6.45, 7) is 4.46. The van der Waals surface area contributed by atoms with Crippen molar-refractivity contribution in [3.8, 4) is 0 Å². The Morgan fingerprint density at radius 2 is 2.03 bits per heavy atom. The smallest absolute Gasteiger partial charge is 0.412 e. The van der Waals surface area contributed by atoms with Crippen LogP contribution in [0.25, 0.3) is 0 Å². The van der Waals surface area contributed by atoms with Crippen LogP contribution in [0.2, 0.25) is 0 Å². The standard InChI is InChI=1S/C20H24FN4O5P/c1-10(2-4-16(22)26)30-20(29)23-11-8-25(9-11)12-6-14(21)18(15(31)7-12)13-3-5-17(27)24-19(13)28/h6-7,11,13H,1-5,8-9,31H2,(H2,22,26)(H,23,29)(H,24,27,28). The first-order valence-corrected chi connectivity index (χ1v) is 10.3. The highest BCUT2D eigenvalue weighted by atomic mass is 31.0. The van der Waals surface area contributed by atoms with Gasteiger partial charge in [0.05, 0.1) is 12.0 Å². The van der Waals surface area contributed by atoms with Crippen LogP contribution >= 0.6 is 9.24 Å². The van der Waals surface area contributed by atoms with Gasteiger partial charge in [-0.25, -0.2) is 9.18 Å². The minimum atomic E-state index is -0.706. The number of nitrogens with one attached hydrogen (secondary N) is 2. The van der Waals surface area contributed by atoms with Crippen LogP contribution in [0.5, 0.6) is 0 Å². The Balaban J connectivity index is 1.54. The van der Waals surface area contributed by atoms with E-state index in [1.54, 1.807) is 6.07 Å². The van der Waals surface area contributed by atoms with E-state index in [1.165, 1.54) is 6.07 Å². The van der Waals surface area contributed by atoms with Gasteiger partial charge in [0.15, 0.2) is 0 Å². The van der Waals surface area contributed by atoms with Gasteiger partial charge in [0.1, 0.15) is 11.6 Å². The van der Waals surface area contributed by atoms with E-state index in [0.717, 1.165) is 0 Å². The summed E-state index contributed by atoms with van der Waals surface area (Å²) in [6, 6.07) is 2.92. The molecule has 2 aliphatic rings. The Bertz CT molecular complexity index is 924. The molecule has 1 aromatic carbocycles. The van der Waals surface area contributed by atoms with Crippen LogP contribution in [0.15, 0.2) is 24.5 Å². The van der Waals surface area contributed by atoms with Gasteiger partial charge in [-0.15, -0.1) is 9.24 Å². The lowest BCUT2D eigenvalue weighted by atomic mass is 9.89. The number of imide groups is 1. The number of alkyl carbamates (subject to hydrolysis) is 1. The highest BCUT2D eigenvalue weighted by molar-refractivity contribution is 7.27. The number of hydrogen-bond donors (Lipinski definition) is 3. The molecule has 2 heterocycles. The van der Waals surface area contributed by atoms with Crippen LogP contribution in [-0.2, 0) is 19.1 Å². The molecule has 4 amide bonds. The Labute approximate surface area is 180 Å². The van der Waals surface area contributed by atoms with Crippen LogP contribution in [0.3, 0.4) is 0 Å². The molecule has 3 rings (SSSR count). The number of hydrogen-bond acceptors (Lipinski definition) is 6. The first-order valence-electron chi connectivity index (χ1n) is 9.76. The van der Waals surface area contributed by atoms with Gasteiger partial charge in [-0.3, -0.25) is 19.7 Å². The van der Waals surface area contributed by atoms with Crippen molar-refractivity contribution >= 4 is 44.0 Å². The zero-order valence-corrected chi connectivity index (χ0v) is 17.9. The number of carbonyl (C=O) groups is 4.